The third-order valence-electron chi connectivity index (χ3n) is 6.86. The van der Waals surface area contributed by atoms with Crippen LogP contribution in [0.15, 0.2) is 59.0 Å². The number of hydrogen-bond acceptors (Lipinski definition) is 5. The summed E-state index contributed by atoms with van der Waals surface area (Å²) in [6.07, 6.45) is 9.42. The van der Waals surface area contributed by atoms with E-state index in [1.165, 1.54) is 31.7 Å². The van der Waals surface area contributed by atoms with E-state index in [0.717, 1.165) is 59.3 Å². The van der Waals surface area contributed by atoms with E-state index in [4.69, 9.17) is 9.72 Å². The second-order valence-electron chi connectivity index (χ2n) is 9.94. The Kier molecular flexibility index (Phi) is 6.72. The number of fused-ring (bicyclic) bond motifs is 2. The van der Waals surface area contributed by atoms with Crippen molar-refractivity contribution in [1.82, 2.24) is 19.1 Å². The van der Waals surface area contributed by atoms with E-state index < -0.39 is 0 Å². The minimum atomic E-state index is -0.381. The van der Waals surface area contributed by atoms with E-state index in [9.17, 15) is 9.59 Å². The number of aromatic nitrogens is 4. The fraction of sp³-hybridized carbons (Fsp3) is 0.379. The molecule has 4 aromatic rings. The number of nitrogens with zero attached hydrogens (tertiary/aromatic N) is 4. The van der Waals surface area contributed by atoms with Crippen molar-refractivity contribution in [2.45, 2.75) is 59.0 Å². The Morgan fingerprint density at radius 3 is 2.61 bits per heavy atom. The summed E-state index contributed by atoms with van der Waals surface area (Å²) in [5, 5.41) is 0. The molecule has 2 heterocycles. The molecule has 0 atom stereocenters. The van der Waals surface area contributed by atoms with Crippen molar-refractivity contribution in [2.75, 3.05) is 7.11 Å². The van der Waals surface area contributed by atoms with Crippen LogP contribution < -0.4 is 5.56 Å². The average Bonchev–Trinajstić information content (AvgIpc) is 3.24. The summed E-state index contributed by atoms with van der Waals surface area (Å²) in [7, 11) is 1.38. The molecule has 0 amide bonds. The lowest BCUT2D eigenvalue weighted by Crippen LogP contribution is -2.21. The van der Waals surface area contributed by atoms with Crippen LogP contribution in [0.4, 0.5) is 0 Å². The number of benzene rings is 2. The zero-order valence-corrected chi connectivity index (χ0v) is 21.2. The number of allylic oxidation sites excluding steroid dienone is 2. The zero-order valence-electron chi connectivity index (χ0n) is 21.2. The Morgan fingerprint density at radius 2 is 1.86 bits per heavy atom. The number of rotatable bonds is 7. The molecule has 0 aliphatic heterocycles. The van der Waals surface area contributed by atoms with Crippen molar-refractivity contribution < 1.29 is 9.53 Å². The molecule has 1 aliphatic carbocycles. The number of imidazole rings is 1. The molecule has 5 rings (SSSR count). The fourth-order valence-electron chi connectivity index (χ4n) is 5.07. The predicted molar refractivity (Wildman–Crippen MR) is 142 cm³/mol. The first-order valence-electron chi connectivity index (χ1n) is 12.7. The van der Waals surface area contributed by atoms with Crippen LogP contribution in [0.25, 0.3) is 33.5 Å². The molecule has 0 bridgehead atoms. The number of hydrogen-bond donors (Lipinski definition) is 0. The van der Waals surface area contributed by atoms with Gasteiger partial charge in [0.1, 0.15) is 5.82 Å². The maximum Gasteiger partial charge on any atom is 0.337 e. The van der Waals surface area contributed by atoms with Crippen molar-refractivity contribution in [3.05, 3.63) is 70.2 Å². The lowest BCUT2D eigenvalue weighted by molar-refractivity contribution is 0.0601. The largest absolute Gasteiger partial charge is 0.465 e. The van der Waals surface area contributed by atoms with Crippen LogP contribution in [-0.2, 0) is 17.8 Å². The topological polar surface area (TPSA) is 79.0 Å². The van der Waals surface area contributed by atoms with Gasteiger partial charge in [-0.3, -0.25) is 4.79 Å². The molecule has 0 fully saturated rings. The quantitative estimate of drug-likeness (QED) is 0.247. The summed E-state index contributed by atoms with van der Waals surface area (Å²) >= 11 is 0. The summed E-state index contributed by atoms with van der Waals surface area (Å²) in [5.74, 6) is 0.836. The van der Waals surface area contributed by atoms with Crippen LogP contribution in [0.3, 0.4) is 0 Å². The highest BCUT2D eigenvalue weighted by Crippen LogP contribution is 2.29. The minimum Gasteiger partial charge on any atom is -0.465 e. The first-order chi connectivity index (χ1) is 17.4. The van der Waals surface area contributed by atoms with Crippen LogP contribution >= 0.6 is 0 Å². The van der Waals surface area contributed by atoms with Crippen LogP contribution in [0.1, 0.15) is 56.3 Å². The molecule has 7 heteroatoms. The maximum absolute atomic E-state index is 12.7. The van der Waals surface area contributed by atoms with Crippen molar-refractivity contribution in [1.29, 1.82) is 0 Å². The minimum absolute atomic E-state index is 0.0750. The Balaban J connectivity index is 1.56. The standard InChI is InChI=1S/C29H32N4O3/c1-19(2)18-33-26-12-10-22(29(35)36-3)16-24(26)31-28(33)21-9-11-25-23(15-21)30-17-27(34)32(25)14-13-20-7-5-4-6-8-20/h7,9-12,15-17,19H,4-6,8,13-14,18H2,1-3H3. The summed E-state index contributed by atoms with van der Waals surface area (Å²) in [6, 6.07) is 11.5. The third-order valence-corrected chi connectivity index (χ3v) is 6.86. The molecular formula is C29H32N4O3. The number of methoxy groups -OCH3 is 1. The molecule has 36 heavy (non-hydrogen) atoms. The Hall–Kier alpha value is -3.74. The Morgan fingerprint density at radius 1 is 1.06 bits per heavy atom. The van der Waals surface area contributed by atoms with Gasteiger partial charge in [-0.05, 0) is 74.4 Å². The summed E-state index contributed by atoms with van der Waals surface area (Å²) in [6.45, 7) is 5.77. The van der Waals surface area contributed by atoms with E-state index in [2.05, 4.69) is 29.5 Å². The van der Waals surface area contributed by atoms with Gasteiger partial charge in [0, 0.05) is 18.7 Å². The fourth-order valence-corrected chi connectivity index (χ4v) is 5.07. The second-order valence-corrected chi connectivity index (χ2v) is 9.94. The van der Waals surface area contributed by atoms with Crippen LogP contribution in [0.5, 0.6) is 0 Å². The molecular weight excluding hydrogens is 452 g/mol. The highest BCUT2D eigenvalue weighted by molar-refractivity contribution is 5.94. The first-order valence-corrected chi connectivity index (χ1v) is 12.7. The van der Waals surface area contributed by atoms with E-state index >= 15 is 0 Å². The molecule has 2 aromatic heterocycles. The smallest absolute Gasteiger partial charge is 0.337 e. The SMILES string of the molecule is COC(=O)c1ccc2c(c1)nc(-c1ccc3c(c1)ncc(=O)n3CCC1=CCCCC1)n2CC(C)C. The third kappa shape index (κ3) is 4.70. The summed E-state index contributed by atoms with van der Waals surface area (Å²) in [4.78, 5) is 34.1. The molecule has 0 unspecified atom stereocenters. The lowest BCUT2D eigenvalue weighted by atomic mass is 9.97. The van der Waals surface area contributed by atoms with Gasteiger partial charge < -0.3 is 13.9 Å². The van der Waals surface area contributed by atoms with Crippen molar-refractivity contribution >= 4 is 28.0 Å². The number of aryl methyl sites for hydroxylation is 1. The zero-order chi connectivity index (χ0) is 25.2. The predicted octanol–water partition coefficient (Wildman–Crippen LogP) is 5.75. The van der Waals surface area contributed by atoms with Crippen molar-refractivity contribution in [3.8, 4) is 11.4 Å². The normalized spacial score (nSPS) is 13.9. The highest BCUT2D eigenvalue weighted by Gasteiger charge is 2.17. The second kappa shape index (κ2) is 10.1. The van der Waals surface area contributed by atoms with Crippen molar-refractivity contribution in [2.24, 2.45) is 5.92 Å². The molecule has 186 valence electrons. The monoisotopic (exact) mass is 484 g/mol. The first kappa shape index (κ1) is 24.0. The van der Waals surface area contributed by atoms with Crippen LogP contribution in [0.2, 0.25) is 0 Å². The van der Waals surface area contributed by atoms with Gasteiger partial charge >= 0.3 is 5.97 Å². The molecule has 0 spiro atoms. The van der Waals surface area contributed by atoms with E-state index in [-0.39, 0.29) is 11.5 Å². The van der Waals surface area contributed by atoms with E-state index in [0.29, 0.717) is 18.0 Å². The molecule has 7 nitrogen and oxygen atoms in total. The van der Waals surface area contributed by atoms with Gasteiger partial charge in [0.25, 0.3) is 5.56 Å². The number of esters is 1. The number of ether oxygens (including phenoxy) is 1. The molecule has 2 aromatic carbocycles. The molecule has 0 radical (unpaired) electrons. The maximum atomic E-state index is 12.7. The molecule has 0 N–H and O–H groups in total. The van der Waals surface area contributed by atoms with Crippen LogP contribution in [0, 0.1) is 5.92 Å². The summed E-state index contributed by atoms with van der Waals surface area (Å²) in [5.41, 5.74) is 6.08. The number of carbonyl (C=O) groups excluding carboxylic acids is 1. The van der Waals surface area contributed by atoms with Gasteiger partial charge in [0.05, 0.1) is 40.9 Å². The van der Waals surface area contributed by atoms with Crippen LogP contribution in [-0.4, -0.2) is 32.2 Å². The van der Waals surface area contributed by atoms with E-state index in [1.807, 2.05) is 28.8 Å². The molecule has 0 saturated carbocycles. The van der Waals surface area contributed by atoms with E-state index in [1.54, 1.807) is 12.1 Å². The van der Waals surface area contributed by atoms with Gasteiger partial charge in [0.15, 0.2) is 0 Å². The molecule has 1 aliphatic rings. The van der Waals surface area contributed by atoms with Crippen molar-refractivity contribution in [3.63, 3.8) is 0 Å². The van der Waals surface area contributed by atoms with Gasteiger partial charge in [-0.1, -0.05) is 25.5 Å². The highest BCUT2D eigenvalue weighted by atomic mass is 16.5. The summed E-state index contributed by atoms with van der Waals surface area (Å²) < 4.78 is 8.91. The van der Waals surface area contributed by atoms with Gasteiger partial charge in [-0.2, -0.15) is 0 Å². The van der Waals surface area contributed by atoms with Gasteiger partial charge in [0.2, 0.25) is 0 Å². The number of carbonyl (C=O) groups is 1. The lowest BCUT2D eigenvalue weighted by Gasteiger charge is -2.15. The van der Waals surface area contributed by atoms with Gasteiger partial charge in [-0.25, -0.2) is 14.8 Å². The Labute approximate surface area is 210 Å². The van der Waals surface area contributed by atoms with Gasteiger partial charge in [-0.15, -0.1) is 0 Å². The average molecular weight is 485 g/mol. The molecule has 0 saturated heterocycles. The Bertz CT molecular complexity index is 1530.